The average molecular weight is 335 g/mol. The van der Waals surface area contributed by atoms with Gasteiger partial charge in [-0.25, -0.2) is 14.8 Å². The predicted octanol–water partition coefficient (Wildman–Crippen LogP) is 3.20. The predicted molar refractivity (Wildman–Crippen MR) is 93.1 cm³/mol. The Balaban J connectivity index is 1.86. The van der Waals surface area contributed by atoms with Crippen LogP contribution in [0, 0.1) is 0 Å². The Morgan fingerprint density at radius 2 is 1.84 bits per heavy atom. The molecule has 126 valence electrons. The van der Waals surface area contributed by atoms with Gasteiger partial charge in [-0.05, 0) is 42.3 Å². The van der Waals surface area contributed by atoms with Crippen molar-refractivity contribution in [3.05, 3.63) is 66.2 Å². The Labute approximate surface area is 144 Å². The third kappa shape index (κ3) is 3.95. The first-order valence-electron chi connectivity index (χ1n) is 7.86. The van der Waals surface area contributed by atoms with Crippen molar-refractivity contribution in [3.8, 4) is 11.4 Å². The summed E-state index contributed by atoms with van der Waals surface area (Å²) in [4.78, 5) is 28.1. The number of carbonyl (C=O) groups is 1. The lowest BCUT2D eigenvalue weighted by molar-refractivity contribution is 0.0697. The minimum atomic E-state index is -1.00. The minimum Gasteiger partial charge on any atom is -0.478 e. The summed E-state index contributed by atoms with van der Waals surface area (Å²) in [5.41, 5.74) is 2.31. The maximum atomic E-state index is 11.1. The van der Waals surface area contributed by atoms with Crippen molar-refractivity contribution in [3.63, 3.8) is 0 Å². The molecule has 0 aliphatic carbocycles. The van der Waals surface area contributed by atoms with Crippen molar-refractivity contribution in [2.24, 2.45) is 0 Å². The van der Waals surface area contributed by atoms with Crippen LogP contribution < -0.4 is 5.32 Å². The number of hydrogen-bond acceptors (Lipinski definition) is 6. The second-order valence-corrected chi connectivity index (χ2v) is 5.39. The van der Waals surface area contributed by atoms with Crippen LogP contribution in [0.4, 0.5) is 5.95 Å². The largest absolute Gasteiger partial charge is 0.478 e. The highest BCUT2D eigenvalue weighted by Gasteiger charge is 2.12. The first kappa shape index (κ1) is 16.5. The van der Waals surface area contributed by atoms with E-state index in [0.717, 1.165) is 12.0 Å². The van der Waals surface area contributed by atoms with Gasteiger partial charge in [0.05, 0.1) is 23.0 Å². The lowest BCUT2D eigenvalue weighted by atomic mass is 10.1. The van der Waals surface area contributed by atoms with Crippen LogP contribution in [0.25, 0.3) is 11.4 Å². The van der Waals surface area contributed by atoms with E-state index in [1.807, 2.05) is 12.1 Å². The monoisotopic (exact) mass is 335 g/mol. The molecule has 0 bridgehead atoms. The van der Waals surface area contributed by atoms with Gasteiger partial charge < -0.3 is 10.4 Å². The van der Waals surface area contributed by atoms with Crippen molar-refractivity contribution in [1.82, 2.24) is 19.9 Å². The average Bonchev–Trinajstić information content (AvgIpc) is 2.67. The number of carboxylic acids is 1. The van der Waals surface area contributed by atoms with Gasteiger partial charge in [0.1, 0.15) is 0 Å². The summed E-state index contributed by atoms with van der Waals surface area (Å²) in [5.74, 6) is -0.538. The molecule has 3 rings (SSSR count). The topological polar surface area (TPSA) is 101 Å². The number of pyridine rings is 2. The number of rotatable bonds is 6. The van der Waals surface area contributed by atoms with Gasteiger partial charge in [0.2, 0.25) is 5.95 Å². The van der Waals surface area contributed by atoms with Crippen molar-refractivity contribution in [2.75, 3.05) is 5.32 Å². The number of aromatic carboxylic acids is 1. The van der Waals surface area contributed by atoms with E-state index in [2.05, 4.69) is 32.2 Å². The van der Waals surface area contributed by atoms with Crippen LogP contribution in [-0.4, -0.2) is 31.0 Å². The summed E-state index contributed by atoms with van der Waals surface area (Å²) in [7, 11) is 0. The molecule has 0 saturated carbocycles. The van der Waals surface area contributed by atoms with Crippen LogP contribution in [0.15, 0.2) is 55.1 Å². The normalized spacial score (nSPS) is 11.7. The van der Waals surface area contributed by atoms with Gasteiger partial charge in [0.15, 0.2) is 0 Å². The summed E-state index contributed by atoms with van der Waals surface area (Å²) < 4.78 is 0. The highest BCUT2D eigenvalue weighted by atomic mass is 16.4. The van der Waals surface area contributed by atoms with Gasteiger partial charge in [0.25, 0.3) is 0 Å². The Morgan fingerprint density at radius 3 is 2.56 bits per heavy atom. The molecule has 1 atom stereocenters. The zero-order valence-electron chi connectivity index (χ0n) is 13.6. The molecule has 0 spiro atoms. The SMILES string of the molecule is CCC(Nc1nccc(-c2cc(C(=O)O)ccn2)n1)c1ccncc1. The molecule has 3 heterocycles. The lowest BCUT2D eigenvalue weighted by Crippen LogP contribution is -2.12. The third-order valence-corrected chi connectivity index (χ3v) is 3.74. The van der Waals surface area contributed by atoms with E-state index >= 15 is 0 Å². The number of aromatic nitrogens is 4. The standard InChI is InChI=1S/C18H17N5O2/c1-2-14(12-3-7-19-8-4-12)22-18-21-10-6-15(23-18)16-11-13(17(24)25)5-9-20-16/h3-11,14H,2H2,1H3,(H,24,25)(H,21,22,23). The lowest BCUT2D eigenvalue weighted by Gasteiger charge is -2.17. The van der Waals surface area contributed by atoms with E-state index in [0.29, 0.717) is 17.3 Å². The summed E-state index contributed by atoms with van der Waals surface area (Å²) >= 11 is 0. The Bertz CT molecular complexity index is 870. The summed E-state index contributed by atoms with van der Waals surface area (Å²) in [6.07, 6.45) is 7.43. The van der Waals surface area contributed by atoms with Gasteiger partial charge in [0, 0.05) is 24.8 Å². The molecule has 2 N–H and O–H groups in total. The molecule has 0 amide bonds. The smallest absolute Gasteiger partial charge is 0.335 e. The molecule has 3 aromatic heterocycles. The second kappa shape index (κ2) is 7.48. The fraction of sp³-hybridized carbons (Fsp3) is 0.167. The van der Waals surface area contributed by atoms with Crippen LogP contribution in [0.2, 0.25) is 0 Å². The van der Waals surface area contributed by atoms with Gasteiger partial charge in [-0.15, -0.1) is 0 Å². The van der Waals surface area contributed by atoms with Crippen molar-refractivity contribution < 1.29 is 9.90 Å². The molecule has 0 fully saturated rings. The summed E-state index contributed by atoms with van der Waals surface area (Å²) in [6, 6.07) is 8.59. The molecule has 0 aliphatic heterocycles. The number of hydrogen-bond donors (Lipinski definition) is 2. The Kier molecular flexibility index (Phi) is 4.94. The maximum Gasteiger partial charge on any atom is 0.335 e. The zero-order chi connectivity index (χ0) is 17.6. The molecular formula is C18H17N5O2. The molecule has 0 radical (unpaired) electrons. The first-order chi connectivity index (χ1) is 12.2. The van der Waals surface area contributed by atoms with Crippen molar-refractivity contribution in [1.29, 1.82) is 0 Å². The summed E-state index contributed by atoms with van der Waals surface area (Å²) in [5, 5.41) is 12.4. The van der Waals surface area contributed by atoms with Crippen molar-refractivity contribution in [2.45, 2.75) is 19.4 Å². The molecular weight excluding hydrogens is 318 g/mol. The maximum absolute atomic E-state index is 11.1. The fourth-order valence-corrected chi connectivity index (χ4v) is 2.45. The molecule has 7 heteroatoms. The van der Waals surface area contributed by atoms with E-state index in [9.17, 15) is 4.79 Å². The Hall–Kier alpha value is -3.35. The van der Waals surface area contributed by atoms with Crippen LogP contribution in [0.5, 0.6) is 0 Å². The number of carboxylic acid groups (broad SMARTS) is 1. The van der Waals surface area contributed by atoms with Crippen LogP contribution in [-0.2, 0) is 0 Å². The molecule has 0 saturated heterocycles. The van der Waals surface area contributed by atoms with E-state index in [1.165, 1.54) is 18.3 Å². The number of anilines is 1. The molecule has 0 aliphatic rings. The van der Waals surface area contributed by atoms with Crippen LogP contribution >= 0.6 is 0 Å². The first-order valence-corrected chi connectivity index (χ1v) is 7.86. The van der Waals surface area contributed by atoms with Gasteiger partial charge in [-0.1, -0.05) is 6.92 Å². The highest BCUT2D eigenvalue weighted by Crippen LogP contribution is 2.22. The highest BCUT2D eigenvalue weighted by molar-refractivity contribution is 5.88. The van der Waals surface area contributed by atoms with Gasteiger partial charge >= 0.3 is 5.97 Å². The van der Waals surface area contributed by atoms with E-state index in [4.69, 9.17) is 5.11 Å². The zero-order valence-corrected chi connectivity index (χ0v) is 13.6. The molecule has 3 aromatic rings. The fourth-order valence-electron chi connectivity index (χ4n) is 2.45. The number of nitrogens with one attached hydrogen (secondary N) is 1. The van der Waals surface area contributed by atoms with Crippen molar-refractivity contribution >= 4 is 11.9 Å². The number of nitrogens with zero attached hydrogens (tertiary/aromatic N) is 4. The second-order valence-electron chi connectivity index (χ2n) is 5.39. The molecule has 25 heavy (non-hydrogen) atoms. The van der Waals surface area contributed by atoms with Gasteiger partial charge in [-0.2, -0.15) is 0 Å². The third-order valence-electron chi connectivity index (χ3n) is 3.74. The molecule has 7 nitrogen and oxygen atoms in total. The van der Waals surface area contributed by atoms with Crippen LogP contribution in [0.3, 0.4) is 0 Å². The minimum absolute atomic E-state index is 0.0524. The summed E-state index contributed by atoms with van der Waals surface area (Å²) in [6.45, 7) is 2.07. The van der Waals surface area contributed by atoms with Crippen LogP contribution in [0.1, 0.15) is 35.3 Å². The molecule has 0 aromatic carbocycles. The Morgan fingerprint density at radius 1 is 1.08 bits per heavy atom. The van der Waals surface area contributed by atoms with E-state index in [1.54, 1.807) is 24.7 Å². The quantitative estimate of drug-likeness (QED) is 0.713. The van der Waals surface area contributed by atoms with Gasteiger partial charge in [-0.3, -0.25) is 9.97 Å². The van der Waals surface area contributed by atoms with E-state index < -0.39 is 5.97 Å². The van der Waals surface area contributed by atoms with E-state index in [-0.39, 0.29) is 11.6 Å². The molecule has 1 unspecified atom stereocenters.